The first-order valence-corrected chi connectivity index (χ1v) is 10.3. The molecule has 0 bridgehead atoms. The first kappa shape index (κ1) is 26.2. The Morgan fingerprint density at radius 1 is 1.12 bits per heavy atom. The van der Waals surface area contributed by atoms with E-state index in [2.05, 4.69) is 15.6 Å². The minimum absolute atomic E-state index is 0. The van der Waals surface area contributed by atoms with Gasteiger partial charge in [0.2, 0.25) is 0 Å². The Balaban J connectivity index is 0.00000363. The van der Waals surface area contributed by atoms with Crippen molar-refractivity contribution in [1.29, 1.82) is 0 Å². The monoisotopic (exact) mass is 563 g/mol. The molecule has 5 nitrogen and oxygen atoms in total. The molecular formula is C23H29F3IN3O2. The van der Waals surface area contributed by atoms with Gasteiger partial charge < -0.3 is 20.1 Å². The average Bonchev–Trinajstić information content (AvgIpc) is 3.27. The van der Waals surface area contributed by atoms with Crippen LogP contribution in [0.15, 0.2) is 47.5 Å². The van der Waals surface area contributed by atoms with Gasteiger partial charge in [-0.3, -0.25) is 4.99 Å². The summed E-state index contributed by atoms with van der Waals surface area (Å²) in [6.07, 6.45) is -3.32. The zero-order valence-electron chi connectivity index (χ0n) is 18.2. The lowest BCUT2D eigenvalue weighted by Crippen LogP contribution is -2.36. The lowest BCUT2D eigenvalue weighted by Gasteiger charge is -2.17. The van der Waals surface area contributed by atoms with E-state index in [4.69, 9.17) is 9.47 Å². The van der Waals surface area contributed by atoms with Gasteiger partial charge in [0.1, 0.15) is 5.75 Å². The van der Waals surface area contributed by atoms with E-state index in [0.717, 1.165) is 54.2 Å². The molecule has 0 amide bonds. The number of alkyl halides is 3. The Morgan fingerprint density at radius 2 is 1.84 bits per heavy atom. The summed E-state index contributed by atoms with van der Waals surface area (Å²) in [6, 6.07) is 11.2. The van der Waals surface area contributed by atoms with Crippen molar-refractivity contribution in [3.05, 3.63) is 64.7 Å². The second-order valence-corrected chi connectivity index (χ2v) is 7.63. The molecule has 0 aliphatic carbocycles. The molecule has 1 saturated heterocycles. The van der Waals surface area contributed by atoms with E-state index in [0.29, 0.717) is 31.6 Å². The largest absolute Gasteiger partial charge is 0.493 e. The van der Waals surface area contributed by atoms with Crippen molar-refractivity contribution in [2.24, 2.45) is 10.9 Å². The summed E-state index contributed by atoms with van der Waals surface area (Å²) in [5, 5.41) is 6.36. The Morgan fingerprint density at radius 3 is 2.47 bits per heavy atom. The molecule has 2 N–H and O–H groups in total. The fraction of sp³-hybridized carbons (Fsp3) is 0.435. The van der Waals surface area contributed by atoms with Gasteiger partial charge in [-0.25, -0.2) is 0 Å². The molecule has 1 aliphatic rings. The maximum Gasteiger partial charge on any atom is 0.416 e. The van der Waals surface area contributed by atoms with Crippen LogP contribution in [0, 0.1) is 12.8 Å². The van der Waals surface area contributed by atoms with E-state index in [9.17, 15) is 13.2 Å². The second-order valence-electron chi connectivity index (χ2n) is 7.63. The van der Waals surface area contributed by atoms with Crippen molar-refractivity contribution >= 4 is 29.9 Å². The fourth-order valence-corrected chi connectivity index (χ4v) is 3.26. The normalized spacial score (nSPS) is 16.4. The molecule has 0 aromatic heterocycles. The lowest BCUT2D eigenvalue weighted by molar-refractivity contribution is -0.137. The summed E-state index contributed by atoms with van der Waals surface area (Å²) in [4.78, 5) is 4.19. The highest BCUT2D eigenvalue weighted by atomic mass is 127. The zero-order valence-corrected chi connectivity index (χ0v) is 20.5. The van der Waals surface area contributed by atoms with E-state index in [1.807, 2.05) is 25.1 Å². The van der Waals surface area contributed by atoms with E-state index >= 15 is 0 Å². The molecule has 0 saturated carbocycles. The van der Waals surface area contributed by atoms with Gasteiger partial charge in [-0.05, 0) is 42.7 Å². The predicted octanol–water partition coefficient (Wildman–Crippen LogP) is 4.91. The first-order valence-electron chi connectivity index (χ1n) is 10.3. The quantitative estimate of drug-likeness (QED) is 0.286. The van der Waals surface area contributed by atoms with E-state index in [-0.39, 0.29) is 24.0 Å². The fourth-order valence-electron chi connectivity index (χ4n) is 3.26. The van der Waals surface area contributed by atoms with Gasteiger partial charge in [0.25, 0.3) is 0 Å². The van der Waals surface area contributed by atoms with Crippen LogP contribution in [0.2, 0.25) is 0 Å². The van der Waals surface area contributed by atoms with Crippen molar-refractivity contribution in [3.63, 3.8) is 0 Å². The number of halogens is 4. The molecule has 0 spiro atoms. The van der Waals surface area contributed by atoms with E-state index < -0.39 is 11.7 Å². The Hall–Kier alpha value is -2.01. The Labute approximate surface area is 203 Å². The van der Waals surface area contributed by atoms with Crippen molar-refractivity contribution in [2.75, 3.05) is 26.9 Å². The highest BCUT2D eigenvalue weighted by Gasteiger charge is 2.29. The number of aliphatic imine (C=N–C) groups is 1. The van der Waals surface area contributed by atoms with E-state index in [1.165, 1.54) is 12.1 Å². The van der Waals surface area contributed by atoms with Crippen LogP contribution in [0.4, 0.5) is 13.2 Å². The molecule has 176 valence electrons. The number of nitrogens with one attached hydrogen (secondary N) is 2. The highest BCUT2D eigenvalue weighted by Crippen LogP contribution is 2.29. The Kier molecular flexibility index (Phi) is 10.1. The molecule has 2 aromatic rings. The van der Waals surface area contributed by atoms with Crippen LogP contribution in [0.1, 0.15) is 28.7 Å². The van der Waals surface area contributed by atoms with Gasteiger partial charge in [-0.15, -0.1) is 24.0 Å². The van der Waals surface area contributed by atoms with Crippen molar-refractivity contribution in [3.8, 4) is 5.75 Å². The minimum atomic E-state index is -4.33. The first-order chi connectivity index (χ1) is 14.8. The van der Waals surface area contributed by atoms with Gasteiger partial charge in [-0.1, -0.05) is 24.3 Å². The number of hydrogen-bond donors (Lipinski definition) is 2. The summed E-state index contributed by atoms with van der Waals surface area (Å²) in [7, 11) is 1.65. The van der Waals surface area contributed by atoms with E-state index in [1.54, 1.807) is 7.05 Å². The van der Waals surface area contributed by atoms with Crippen LogP contribution < -0.4 is 15.4 Å². The zero-order chi connectivity index (χ0) is 22.3. The summed E-state index contributed by atoms with van der Waals surface area (Å²) in [5.41, 5.74) is 2.19. The van der Waals surface area contributed by atoms with Gasteiger partial charge >= 0.3 is 6.18 Å². The SMILES string of the molecule is CN=C(NCc1ccc(C(F)(F)F)cc1)NCc1ccc(C)cc1OCC1CCOC1.I. The number of rotatable bonds is 7. The molecule has 32 heavy (non-hydrogen) atoms. The molecule has 9 heteroatoms. The molecule has 3 rings (SSSR count). The van der Waals surface area contributed by atoms with Crippen molar-refractivity contribution in [1.82, 2.24) is 10.6 Å². The van der Waals surface area contributed by atoms with Crippen LogP contribution in [0.5, 0.6) is 5.75 Å². The maximum absolute atomic E-state index is 12.7. The number of guanidine groups is 1. The second kappa shape index (κ2) is 12.3. The molecule has 1 aliphatic heterocycles. The molecule has 1 heterocycles. The van der Waals surface area contributed by atoms with Crippen LogP contribution in [0.25, 0.3) is 0 Å². The number of aryl methyl sites for hydroxylation is 1. The van der Waals surface area contributed by atoms with Crippen LogP contribution >= 0.6 is 24.0 Å². The summed E-state index contributed by atoms with van der Waals surface area (Å²) < 4.78 is 49.5. The number of nitrogens with zero attached hydrogens (tertiary/aromatic N) is 1. The third-order valence-electron chi connectivity index (χ3n) is 5.13. The van der Waals surface area contributed by atoms with Crippen LogP contribution in [-0.4, -0.2) is 32.8 Å². The third kappa shape index (κ3) is 7.84. The molecule has 2 aromatic carbocycles. The van der Waals surface area contributed by atoms with Crippen molar-refractivity contribution in [2.45, 2.75) is 32.6 Å². The minimum Gasteiger partial charge on any atom is -0.493 e. The van der Waals surface area contributed by atoms with Gasteiger partial charge in [0.05, 0.1) is 18.8 Å². The average molecular weight is 563 g/mol. The smallest absolute Gasteiger partial charge is 0.416 e. The van der Waals surface area contributed by atoms with Crippen LogP contribution in [-0.2, 0) is 24.0 Å². The number of ether oxygens (including phenoxy) is 2. The molecule has 1 unspecified atom stereocenters. The summed E-state index contributed by atoms with van der Waals surface area (Å²) in [6.45, 7) is 5.03. The summed E-state index contributed by atoms with van der Waals surface area (Å²) >= 11 is 0. The maximum atomic E-state index is 12.7. The summed E-state index contributed by atoms with van der Waals surface area (Å²) in [5.74, 6) is 1.80. The van der Waals surface area contributed by atoms with Crippen molar-refractivity contribution < 1.29 is 22.6 Å². The highest BCUT2D eigenvalue weighted by molar-refractivity contribution is 14.0. The van der Waals surface area contributed by atoms with Gasteiger partial charge in [0.15, 0.2) is 5.96 Å². The Bertz CT molecular complexity index is 883. The van der Waals surface area contributed by atoms with Gasteiger partial charge in [-0.2, -0.15) is 13.2 Å². The molecule has 1 atom stereocenters. The lowest BCUT2D eigenvalue weighted by atomic mass is 10.1. The molecule has 1 fully saturated rings. The van der Waals surface area contributed by atoms with Gasteiger partial charge in [0, 0.05) is 38.2 Å². The standard InChI is InChI=1S/C23H28F3N3O2.HI/c1-16-3-6-19(21(11-16)31-15-18-9-10-30-14-18)13-29-22(27-2)28-12-17-4-7-20(8-5-17)23(24,25)26;/h3-8,11,18H,9-10,12-15H2,1-2H3,(H2,27,28,29);1H. The number of hydrogen-bond acceptors (Lipinski definition) is 3. The molecule has 0 radical (unpaired) electrons. The number of benzene rings is 2. The topological polar surface area (TPSA) is 54.9 Å². The predicted molar refractivity (Wildman–Crippen MR) is 129 cm³/mol. The van der Waals surface area contributed by atoms with Crippen LogP contribution in [0.3, 0.4) is 0 Å². The third-order valence-corrected chi connectivity index (χ3v) is 5.13. The molecular weight excluding hydrogens is 534 g/mol.